The van der Waals surface area contributed by atoms with Gasteiger partial charge in [0.15, 0.2) is 0 Å². The van der Waals surface area contributed by atoms with Gasteiger partial charge in [-0.05, 0) is 43.0 Å². The molecule has 2 aromatic rings. The Morgan fingerprint density at radius 3 is 3.20 bits per heavy atom. The van der Waals surface area contributed by atoms with E-state index in [1.807, 2.05) is 17.6 Å². The fourth-order valence-corrected chi connectivity index (χ4v) is 3.85. The molecule has 0 aliphatic carbocycles. The first-order valence-electron chi connectivity index (χ1n) is 7.36. The summed E-state index contributed by atoms with van der Waals surface area (Å²) in [5.74, 6) is 1.11. The van der Waals surface area contributed by atoms with Crippen LogP contribution >= 0.6 is 11.3 Å². The monoisotopic (exact) mass is 290 g/mol. The highest BCUT2D eigenvalue weighted by Gasteiger charge is 2.25. The van der Waals surface area contributed by atoms with E-state index >= 15 is 0 Å². The third kappa shape index (κ3) is 2.68. The van der Waals surface area contributed by atoms with E-state index in [0.29, 0.717) is 6.04 Å². The first-order chi connectivity index (χ1) is 9.79. The zero-order valence-electron chi connectivity index (χ0n) is 12.2. The van der Waals surface area contributed by atoms with Crippen molar-refractivity contribution in [2.24, 2.45) is 0 Å². The van der Waals surface area contributed by atoms with Gasteiger partial charge in [0.05, 0.1) is 12.8 Å². The lowest BCUT2D eigenvalue weighted by molar-refractivity contribution is 0.176. The summed E-state index contributed by atoms with van der Waals surface area (Å²) in [7, 11) is 0. The van der Waals surface area contributed by atoms with Crippen LogP contribution in [-0.2, 0) is 19.5 Å². The Labute approximate surface area is 124 Å². The van der Waals surface area contributed by atoms with Gasteiger partial charge in [0.1, 0.15) is 5.76 Å². The molecule has 0 spiro atoms. The zero-order valence-corrected chi connectivity index (χ0v) is 13.0. The van der Waals surface area contributed by atoms with Crippen LogP contribution in [0.15, 0.2) is 28.2 Å². The molecule has 2 aromatic heterocycles. The van der Waals surface area contributed by atoms with Gasteiger partial charge in [-0.1, -0.05) is 6.92 Å². The average molecular weight is 290 g/mol. The molecule has 1 N–H and O–H groups in total. The summed E-state index contributed by atoms with van der Waals surface area (Å²) in [6.45, 7) is 8.35. The Morgan fingerprint density at radius 2 is 2.35 bits per heavy atom. The highest BCUT2D eigenvalue weighted by atomic mass is 32.1. The highest BCUT2D eigenvalue weighted by Crippen LogP contribution is 2.34. The summed E-state index contributed by atoms with van der Waals surface area (Å²) in [4.78, 5) is 4.07. The number of hydrogen-bond donors (Lipinski definition) is 1. The molecule has 108 valence electrons. The van der Waals surface area contributed by atoms with Crippen molar-refractivity contribution in [3.05, 3.63) is 45.5 Å². The fraction of sp³-hybridized carbons (Fsp3) is 0.500. The van der Waals surface area contributed by atoms with Crippen molar-refractivity contribution in [3.63, 3.8) is 0 Å². The van der Waals surface area contributed by atoms with Gasteiger partial charge in [0.2, 0.25) is 0 Å². The predicted molar refractivity (Wildman–Crippen MR) is 82.9 cm³/mol. The maximum atomic E-state index is 5.70. The molecular formula is C16H22N2OS. The van der Waals surface area contributed by atoms with E-state index in [4.69, 9.17) is 4.42 Å². The van der Waals surface area contributed by atoms with Crippen LogP contribution in [0.25, 0.3) is 0 Å². The minimum absolute atomic E-state index is 0.488. The first kappa shape index (κ1) is 13.9. The summed E-state index contributed by atoms with van der Waals surface area (Å²) in [6, 6.07) is 4.85. The van der Waals surface area contributed by atoms with Gasteiger partial charge in [-0.3, -0.25) is 4.90 Å². The lowest BCUT2D eigenvalue weighted by Gasteiger charge is -2.33. The van der Waals surface area contributed by atoms with E-state index in [-0.39, 0.29) is 0 Å². The SMILES string of the molecule is CCNCc1ccoc1CN1CCc2sccc2C1C. The molecule has 1 atom stereocenters. The van der Waals surface area contributed by atoms with Crippen LogP contribution in [0.3, 0.4) is 0 Å². The zero-order chi connectivity index (χ0) is 13.9. The second-order valence-electron chi connectivity index (χ2n) is 5.34. The highest BCUT2D eigenvalue weighted by molar-refractivity contribution is 7.10. The molecule has 3 nitrogen and oxygen atoms in total. The Balaban J connectivity index is 1.71. The molecule has 1 aliphatic heterocycles. The van der Waals surface area contributed by atoms with E-state index in [2.05, 4.69) is 41.6 Å². The summed E-state index contributed by atoms with van der Waals surface area (Å²) >= 11 is 1.89. The third-order valence-electron chi connectivity index (χ3n) is 4.15. The van der Waals surface area contributed by atoms with E-state index in [0.717, 1.165) is 31.9 Å². The predicted octanol–water partition coefficient (Wildman–Crippen LogP) is 3.57. The van der Waals surface area contributed by atoms with E-state index in [9.17, 15) is 0 Å². The summed E-state index contributed by atoms with van der Waals surface area (Å²) < 4.78 is 5.70. The number of hydrogen-bond acceptors (Lipinski definition) is 4. The second kappa shape index (κ2) is 6.12. The molecule has 3 heterocycles. The van der Waals surface area contributed by atoms with Crippen molar-refractivity contribution in [1.29, 1.82) is 0 Å². The number of furan rings is 1. The van der Waals surface area contributed by atoms with E-state index in [1.165, 1.54) is 17.5 Å². The Hall–Kier alpha value is -1.10. The van der Waals surface area contributed by atoms with E-state index < -0.39 is 0 Å². The smallest absolute Gasteiger partial charge is 0.122 e. The second-order valence-corrected chi connectivity index (χ2v) is 6.35. The number of rotatable bonds is 5. The molecule has 1 unspecified atom stereocenters. The third-order valence-corrected chi connectivity index (χ3v) is 5.15. The van der Waals surface area contributed by atoms with Crippen molar-refractivity contribution in [1.82, 2.24) is 10.2 Å². The summed E-state index contributed by atoms with van der Waals surface area (Å²) in [6.07, 6.45) is 2.98. The van der Waals surface area contributed by atoms with Crippen molar-refractivity contribution in [2.45, 2.75) is 39.4 Å². The first-order valence-corrected chi connectivity index (χ1v) is 8.23. The molecule has 0 fully saturated rings. The Bertz CT molecular complexity index is 560. The van der Waals surface area contributed by atoms with Gasteiger partial charge in [-0.25, -0.2) is 0 Å². The van der Waals surface area contributed by atoms with Crippen molar-refractivity contribution in [2.75, 3.05) is 13.1 Å². The lowest BCUT2D eigenvalue weighted by atomic mass is 10.0. The lowest BCUT2D eigenvalue weighted by Crippen LogP contribution is -2.32. The number of nitrogens with zero attached hydrogens (tertiary/aromatic N) is 1. The van der Waals surface area contributed by atoms with Crippen LogP contribution in [0.5, 0.6) is 0 Å². The molecule has 0 amide bonds. The van der Waals surface area contributed by atoms with Crippen molar-refractivity contribution >= 4 is 11.3 Å². The molecule has 1 aliphatic rings. The molecule has 0 aromatic carbocycles. The normalized spacial score (nSPS) is 19.2. The van der Waals surface area contributed by atoms with Gasteiger partial charge in [-0.15, -0.1) is 11.3 Å². The standard InChI is InChI=1S/C16H22N2OS/c1-3-17-10-13-5-8-19-15(13)11-18-7-4-16-14(12(18)2)6-9-20-16/h5-6,8-9,12,17H,3-4,7,10-11H2,1-2H3. The average Bonchev–Trinajstić information content (AvgIpc) is 3.09. The van der Waals surface area contributed by atoms with Crippen LogP contribution < -0.4 is 5.32 Å². The van der Waals surface area contributed by atoms with Gasteiger partial charge in [0, 0.05) is 29.6 Å². The van der Waals surface area contributed by atoms with Crippen LogP contribution in [0, 0.1) is 0 Å². The number of nitrogens with one attached hydrogen (secondary N) is 1. The van der Waals surface area contributed by atoms with Gasteiger partial charge in [0.25, 0.3) is 0 Å². The molecule has 0 radical (unpaired) electrons. The van der Waals surface area contributed by atoms with E-state index in [1.54, 1.807) is 4.88 Å². The van der Waals surface area contributed by atoms with Crippen LogP contribution in [0.4, 0.5) is 0 Å². The number of fused-ring (bicyclic) bond motifs is 1. The minimum atomic E-state index is 0.488. The molecule has 4 heteroatoms. The van der Waals surface area contributed by atoms with Gasteiger partial charge >= 0.3 is 0 Å². The molecule has 20 heavy (non-hydrogen) atoms. The molecule has 3 rings (SSSR count). The van der Waals surface area contributed by atoms with Crippen molar-refractivity contribution in [3.8, 4) is 0 Å². The van der Waals surface area contributed by atoms with Crippen LogP contribution in [0.1, 0.15) is 41.7 Å². The minimum Gasteiger partial charge on any atom is -0.468 e. The van der Waals surface area contributed by atoms with Crippen LogP contribution in [-0.4, -0.2) is 18.0 Å². The maximum absolute atomic E-state index is 5.70. The van der Waals surface area contributed by atoms with Gasteiger partial charge in [-0.2, -0.15) is 0 Å². The Kier molecular flexibility index (Phi) is 4.24. The summed E-state index contributed by atoms with van der Waals surface area (Å²) in [5.41, 5.74) is 2.79. The van der Waals surface area contributed by atoms with Crippen LogP contribution in [0.2, 0.25) is 0 Å². The molecular weight excluding hydrogens is 268 g/mol. The topological polar surface area (TPSA) is 28.4 Å². The fourth-order valence-electron chi connectivity index (χ4n) is 2.88. The molecule has 0 bridgehead atoms. The van der Waals surface area contributed by atoms with Gasteiger partial charge < -0.3 is 9.73 Å². The molecule has 0 saturated heterocycles. The quantitative estimate of drug-likeness (QED) is 0.912. The molecule has 0 saturated carbocycles. The maximum Gasteiger partial charge on any atom is 0.122 e. The number of thiophene rings is 1. The largest absolute Gasteiger partial charge is 0.468 e. The summed E-state index contributed by atoms with van der Waals surface area (Å²) in [5, 5.41) is 5.59. The van der Waals surface area contributed by atoms with Crippen molar-refractivity contribution < 1.29 is 4.42 Å². The Morgan fingerprint density at radius 1 is 1.45 bits per heavy atom.